The van der Waals surface area contributed by atoms with Crippen LogP contribution in [0.4, 0.5) is 11.5 Å². The SMILES string of the molecule is COCCNc1cc(-c2nc(C(=O)Nc3cn(CC4CCCO4)nc3C(N)=O)co2)ccn1. The number of rotatable bonds is 10. The number of carbonyl (C=O) groups is 2. The van der Waals surface area contributed by atoms with Crippen LogP contribution in [0.5, 0.6) is 0 Å². The number of primary amides is 1. The van der Waals surface area contributed by atoms with E-state index in [9.17, 15) is 9.59 Å². The number of methoxy groups -OCH3 is 1. The quantitative estimate of drug-likeness (QED) is 0.385. The average molecular weight is 455 g/mol. The van der Waals surface area contributed by atoms with Crippen LogP contribution in [0.25, 0.3) is 11.5 Å². The third-order valence-corrected chi connectivity index (χ3v) is 5.01. The zero-order chi connectivity index (χ0) is 23.2. The second-order valence-corrected chi connectivity index (χ2v) is 7.45. The fraction of sp³-hybridized carbons (Fsp3) is 0.381. The zero-order valence-corrected chi connectivity index (χ0v) is 18.1. The Hall–Kier alpha value is -3.77. The lowest BCUT2D eigenvalue weighted by Crippen LogP contribution is -2.18. The number of oxazole rings is 1. The minimum Gasteiger partial charge on any atom is -0.444 e. The summed E-state index contributed by atoms with van der Waals surface area (Å²) in [6.07, 6.45) is 6.31. The number of hydrogen-bond acceptors (Lipinski definition) is 9. The van der Waals surface area contributed by atoms with Gasteiger partial charge in [-0.25, -0.2) is 9.97 Å². The summed E-state index contributed by atoms with van der Waals surface area (Å²) in [5.74, 6) is -0.431. The zero-order valence-electron chi connectivity index (χ0n) is 18.1. The monoisotopic (exact) mass is 455 g/mol. The van der Waals surface area contributed by atoms with E-state index >= 15 is 0 Å². The van der Waals surface area contributed by atoms with E-state index in [4.69, 9.17) is 19.6 Å². The number of amides is 2. The first kappa shape index (κ1) is 22.4. The van der Waals surface area contributed by atoms with Gasteiger partial charge in [0.05, 0.1) is 24.9 Å². The van der Waals surface area contributed by atoms with Gasteiger partial charge < -0.3 is 30.3 Å². The van der Waals surface area contributed by atoms with Gasteiger partial charge in [-0.05, 0) is 25.0 Å². The Morgan fingerprint density at radius 2 is 2.27 bits per heavy atom. The molecule has 1 fully saturated rings. The molecule has 1 aliphatic heterocycles. The van der Waals surface area contributed by atoms with Crippen molar-refractivity contribution in [2.75, 3.05) is 37.5 Å². The van der Waals surface area contributed by atoms with Gasteiger partial charge in [-0.15, -0.1) is 0 Å². The summed E-state index contributed by atoms with van der Waals surface area (Å²) >= 11 is 0. The smallest absolute Gasteiger partial charge is 0.277 e. The van der Waals surface area contributed by atoms with Crippen molar-refractivity contribution in [2.45, 2.75) is 25.5 Å². The minimum atomic E-state index is -0.748. The Balaban J connectivity index is 1.46. The van der Waals surface area contributed by atoms with Crippen LogP contribution in [-0.2, 0) is 16.0 Å². The molecule has 12 nitrogen and oxygen atoms in total. The number of nitrogens with one attached hydrogen (secondary N) is 2. The van der Waals surface area contributed by atoms with Crippen molar-refractivity contribution in [3.63, 3.8) is 0 Å². The number of nitrogens with zero attached hydrogens (tertiary/aromatic N) is 4. The first-order valence-corrected chi connectivity index (χ1v) is 10.5. The molecule has 4 N–H and O–H groups in total. The molecule has 12 heteroatoms. The number of hydrogen-bond donors (Lipinski definition) is 3. The third kappa shape index (κ3) is 5.54. The van der Waals surface area contributed by atoms with E-state index in [0.29, 0.717) is 37.7 Å². The predicted octanol–water partition coefficient (Wildman–Crippen LogP) is 1.52. The van der Waals surface area contributed by atoms with E-state index in [1.165, 1.54) is 6.26 Å². The maximum absolute atomic E-state index is 12.7. The van der Waals surface area contributed by atoms with Gasteiger partial charge in [-0.2, -0.15) is 5.10 Å². The molecule has 0 aliphatic carbocycles. The fourth-order valence-corrected chi connectivity index (χ4v) is 3.42. The molecule has 0 saturated carbocycles. The van der Waals surface area contributed by atoms with E-state index in [-0.39, 0.29) is 29.1 Å². The highest BCUT2D eigenvalue weighted by Gasteiger charge is 2.22. The number of pyridine rings is 1. The van der Waals surface area contributed by atoms with Gasteiger partial charge in [0.25, 0.3) is 11.8 Å². The Morgan fingerprint density at radius 1 is 1.39 bits per heavy atom. The van der Waals surface area contributed by atoms with Gasteiger partial charge in [0, 0.05) is 38.2 Å². The van der Waals surface area contributed by atoms with Gasteiger partial charge in [0.1, 0.15) is 12.1 Å². The lowest BCUT2D eigenvalue weighted by Gasteiger charge is -2.08. The number of nitrogens with two attached hydrogens (primary N) is 1. The Morgan fingerprint density at radius 3 is 3.03 bits per heavy atom. The van der Waals surface area contributed by atoms with Gasteiger partial charge >= 0.3 is 0 Å². The molecule has 3 aromatic rings. The molecule has 0 spiro atoms. The normalized spacial score (nSPS) is 15.5. The summed E-state index contributed by atoms with van der Waals surface area (Å²) in [6, 6.07) is 3.47. The molecule has 1 unspecified atom stereocenters. The van der Waals surface area contributed by atoms with E-state index in [0.717, 1.165) is 12.8 Å². The van der Waals surface area contributed by atoms with E-state index in [2.05, 4.69) is 25.7 Å². The van der Waals surface area contributed by atoms with Crippen molar-refractivity contribution in [3.8, 4) is 11.5 Å². The molecule has 4 heterocycles. The molecule has 0 radical (unpaired) electrons. The summed E-state index contributed by atoms with van der Waals surface area (Å²) in [4.78, 5) is 33.0. The molecule has 1 aliphatic rings. The van der Waals surface area contributed by atoms with E-state index in [1.54, 1.807) is 36.3 Å². The molecule has 0 bridgehead atoms. The highest BCUT2D eigenvalue weighted by atomic mass is 16.5. The molecule has 2 amide bonds. The Bertz CT molecular complexity index is 1120. The van der Waals surface area contributed by atoms with Crippen molar-refractivity contribution in [1.29, 1.82) is 0 Å². The second kappa shape index (κ2) is 10.2. The predicted molar refractivity (Wildman–Crippen MR) is 118 cm³/mol. The summed E-state index contributed by atoms with van der Waals surface area (Å²) in [6.45, 7) is 2.30. The van der Waals surface area contributed by atoms with Crippen LogP contribution in [0.15, 0.2) is 35.2 Å². The Kier molecular flexibility index (Phi) is 6.95. The van der Waals surface area contributed by atoms with Gasteiger partial charge in [0.15, 0.2) is 11.4 Å². The summed E-state index contributed by atoms with van der Waals surface area (Å²) in [5, 5.41) is 9.95. The van der Waals surface area contributed by atoms with Crippen LogP contribution in [0.1, 0.15) is 33.8 Å². The van der Waals surface area contributed by atoms with Gasteiger partial charge in [-0.1, -0.05) is 0 Å². The number of ether oxygens (including phenoxy) is 2. The maximum Gasteiger partial charge on any atom is 0.277 e. The number of aromatic nitrogens is 4. The van der Waals surface area contributed by atoms with Crippen molar-refractivity contribution >= 4 is 23.3 Å². The second-order valence-electron chi connectivity index (χ2n) is 7.45. The summed E-state index contributed by atoms with van der Waals surface area (Å²) in [5.41, 5.74) is 6.28. The topological polar surface area (TPSA) is 159 Å². The number of carbonyl (C=O) groups excluding carboxylic acids is 2. The van der Waals surface area contributed by atoms with Crippen LogP contribution >= 0.6 is 0 Å². The third-order valence-electron chi connectivity index (χ3n) is 5.01. The molecule has 4 rings (SSSR count). The largest absolute Gasteiger partial charge is 0.444 e. The highest BCUT2D eigenvalue weighted by molar-refractivity contribution is 6.07. The Labute approximate surface area is 189 Å². The molecule has 3 aromatic heterocycles. The van der Waals surface area contributed by atoms with Crippen LogP contribution in [0, 0.1) is 0 Å². The number of anilines is 2. The minimum absolute atomic E-state index is 0.0153. The van der Waals surface area contributed by atoms with Gasteiger partial charge in [-0.3, -0.25) is 14.3 Å². The van der Waals surface area contributed by atoms with E-state index in [1.807, 2.05) is 0 Å². The molecule has 1 atom stereocenters. The van der Waals surface area contributed by atoms with Crippen molar-refractivity contribution in [1.82, 2.24) is 19.7 Å². The molecular formula is C21H25N7O5. The van der Waals surface area contributed by atoms with E-state index < -0.39 is 11.8 Å². The van der Waals surface area contributed by atoms with Crippen molar-refractivity contribution < 1.29 is 23.5 Å². The highest BCUT2D eigenvalue weighted by Crippen LogP contribution is 2.22. The molecular weight excluding hydrogens is 430 g/mol. The lowest BCUT2D eigenvalue weighted by molar-refractivity contribution is 0.0927. The standard InChI is InChI=1S/C21H25N7O5/c1-31-8-6-24-17-9-13(4-5-23-17)21-26-16(12-33-21)20(30)25-15-11-28(27-18(15)19(22)29)10-14-3-2-7-32-14/h4-5,9,11-12,14H,2-3,6-8,10H2,1H3,(H2,22,29)(H,23,24)(H,25,30). The fourth-order valence-electron chi connectivity index (χ4n) is 3.42. The van der Waals surface area contributed by atoms with Crippen LogP contribution in [0.2, 0.25) is 0 Å². The average Bonchev–Trinajstić information content (AvgIpc) is 3.56. The van der Waals surface area contributed by atoms with Gasteiger partial charge in [0.2, 0.25) is 5.89 Å². The lowest BCUT2D eigenvalue weighted by atomic mass is 10.2. The maximum atomic E-state index is 12.7. The first-order chi connectivity index (χ1) is 16.0. The molecule has 174 valence electrons. The first-order valence-electron chi connectivity index (χ1n) is 10.5. The van der Waals surface area contributed by atoms with Crippen molar-refractivity contribution in [2.24, 2.45) is 5.73 Å². The van der Waals surface area contributed by atoms with Crippen LogP contribution in [-0.4, -0.2) is 64.5 Å². The summed E-state index contributed by atoms with van der Waals surface area (Å²) < 4.78 is 17.6. The van der Waals surface area contributed by atoms with Crippen LogP contribution in [0.3, 0.4) is 0 Å². The van der Waals surface area contributed by atoms with Crippen molar-refractivity contribution in [3.05, 3.63) is 42.2 Å². The summed E-state index contributed by atoms with van der Waals surface area (Å²) in [7, 11) is 1.62. The van der Waals surface area contributed by atoms with Crippen LogP contribution < -0.4 is 16.4 Å². The molecule has 1 saturated heterocycles. The molecule has 0 aromatic carbocycles. The molecule has 33 heavy (non-hydrogen) atoms.